The van der Waals surface area contributed by atoms with E-state index in [4.69, 9.17) is 0 Å². The topological polar surface area (TPSA) is 71.2 Å². The first-order valence-electron chi connectivity index (χ1n) is 12.0. The Morgan fingerprint density at radius 1 is 0.917 bits per heavy atom. The van der Waals surface area contributed by atoms with Crippen LogP contribution < -0.4 is 0 Å². The van der Waals surface area contributed by atoms with Gasteiger partial charge in [0.25, 0.3) is 0 Å². The van der Waals surface area contributed by atoms with E-state index in [-0.39, 0.29) is 17.8 Å². The molecule has 1 N–H and O–H groups in total. The fourth-order valence-corrected chi connectivity index (χ4v) is 4.85. The molecule has 8 heteroatoms. The minimum Gasteiger partial charge on any atom is -0.374 e. The second kappa shape index (κ2) is 9.99. The lowest BCUT2D eigenvalue weighted by atomic mass is 9.84. The number of hydrogen-bond acceptors (Lipinski definition) is 4. The number of benzene rings is 3. The van der Waals surface area contributed by atoms with Gasteiger partial charge < -0.3 is 10.0 Å². The van der Waals surface area contributed by atoms with Gasteiger partial charge in [0, 0.05) is 12.6 Å². The number of aliphatic hydroxyl groups is 1. The van der Waals surface area contributed by atoms with Crippen molar-refractivity contribution < 1.29 is 18.7 Å². The van der Waals surface area contributed by atoms with E-state index < -0.39 is 17.2 Å². The average Bonchev–Trinajstić information content (AvgIpc) is 3.41. The Labute approximate surface area is 207 Å². The molecule has 184 valence electrons. The molecule has 36 heavy (non-hydrogen) atoms. The minimum atomic E-state index is -1.87. The first-order valence-corrected chi connectivity index (χ1v) is 12.0. The predicted octanol–water partition coefficient (Wildman–Crippen LogP) is 4.91. The molecule has 0 bridgehead atoms. The van der Waals surface area contributed by atoms with Crippen LogP contribution in [0.15, 0.2) is 85.1 Å². The molecule has 1 fully saturated rings. The van der Waals surface area contributed by atoms with Crippen LogP contribution in [-0.4, -0.2) is 43.6 Å². The number of piperidine rings is 1. The molecule has 2 heterocycles. The number of likely N-dealkylation sites (tertiary alicyclic amines) is 1. The third-order valence-electron chi connectivity index (χ3n) is 6.77. The molecule has 0 saturated carbocycles. The monoisotopic (exact) mass is 488 g/mol. The first kappa shape index (κ1) is 23.8. The Balaban J connectivity index is 1.48. The SMILES string of the molecule is O=C(N1CCCC[C@@H]1Cc1ccccc1)n1cc(C(O)(c2ccc(F)cc2)c2ccc(F)cc2)nn1. The first-order chi connectivity index (χ1) is 17.4. The molecule has 1 atom stereocenters. The number of halogens is 2. The lowest BCUT2D eigenvalue weighted by Crippen LogP contribution is -2.47. The van der Waals surface area contributed by atoms with Crippen LogP contribution in [0.2, 0.25) is 0 Å². The summed E-state index contributed by atoms with van der Waals surface area (Å²) in [5.41, 5.74) is -0.00956. The molecule has 1 aliphatic heterocycles. The maximum absolute atomic E-state index is 13.6. The summed E-state index contributed by atoms with van der Waals surface area (Å²) in [5.74, 6) is -0.929. The summed E-state index contributed by atoms with van der Waals surface area (Å²) in [6.45, 7) is 0.603. The third kappa shape index (κ3) is 4.64. The highest BCUT2D eigenvalue weighted by Crippen LogP contribution is 2.35. The van der Waals surface area contributed by atoms with E-state index in [2.05, 4.69) is 22.4 Å². The van der Waals surface area contributed by atoms with Crippen LogP contribution in [0.1, 0.15) is 41.6 Å². The van der Waals surface area contributed by atoms with E-state index >= 15 is 0 Å². The van der Waals surface area contributed by atoms with Gasteiger partial charge in [-0.1, -0.05) is 59.8 Å². The number of amides is 1. The van der Waals surface area contributed by atoms with E-state index in [1.807, 2.05) is 23.1 Å². The van der Waals surface area contributed by atoms with Gasteiger partial charge in [0.05, 0.1) is 6.20 Å². The van der Waals surface area contributed by atoms with Gasteiger partial charge in [-0.2, -0.15) is 4.68 Å². The summed E-state index contributed by atoms with van der Waals surface area (Å²) in [4.78, 5) is 15.3. The number of carbonyl (C=O) groups excluding carboxylic acids is 1. The van der Waals surface area contributed by atoms with Gasteiger partial charge in [-0.3, -0.25) is 0 Å². The third-order valence-corrected chi connectivity index (χ3v) is 6.77. The quantitative estimate of drug-likeness (QED) is 0.434. The highest BCUT2D eigenvalue weighted by molar-refractivity contribution is 5.76. The van der Waals surface area contributed by atoms with Gasteiger partial charge in [0.2, 0.25) is 0 Å². The normalized spacial score (nSPS) is 16.2. The summed E-state index contributed by atoms with van der Waals surface area (Å²) in [5, 5.41) is 20.1. The van der Waals surface area contributed by atoms with Crippen molar-refractivity contribution in [2.24, 2.45) is 0 Å². The van der Waals surface area contributed by atoms with Gasteiger partial charge in [0.1, 0.15) is 17.3 Å². The van der Waals surface area contributed by atoms with Gasteiger partial charge in [-0.05, 0) is 66.6 Å². The van der Waals surface area contributed by atoms with E-state index in [0.717, 1.165) is 35.9 Å². The van der Waals surface area contributed by atoms with Gasteiger partial charge in [0.15, 0.2) is 5.60 Å². The molecule has 1 aromatic heterocycles. The standard InChI is InChI=1S/C28H26F2N4O2/c29-23-13-9-21(10-14-23)28(36,22-11-15-24(30)16-12-22)26-19-34(32-31-26)27(35)33-17-5-4-8-25(33)18-20-6-2-1-3-7-20/h1-3,6-7,9-16,19,25,36H,4-5,8,17-18H2/t25-/m1/s1. The molecular weight excluding hydrogens is 462 g/mol. The molecule has 0 unspecified atom stereocenters. The summed E-state index contributed by atoms with van der Waals surface area (Å²) < 4.78 is 28.4. The summed E-state index contributed by atoms with van der Waals surface area (Å²) in [6, 6.07) is 20.4. The smallest absolute Gasteiger partial charge is 0.346 e. The summed E-state index contributed by atoms with van der Waals surface area (Å²) in [6.07, 6.45) is 4.95. The molecule has 1 saturated heterocycles. The van der Waals surface area contributed by atoms with Crippen LogP contribution in [0.5, 0.6) is 0 Å². The molecule has 3 aromatic carbocycles. The van der Waals surface area contributed by atoms with E-state index in [9.17, 15) is 18.7 Å². The molecule has 1 aliphatic rings. The van der Waals surface area contributed by atoms with Crippen LogP contribution >= 0.6 is 0 Å². The number of carbonyl (C=O) groups is 1. The van der Waals surface area contributed by atoms with Crippen molar-refractivity contribution in [3.63, 3.8) is 0 Å². The molecule has 0 aliphatic carbocycles. The highest BCUT2D eigenvalue weighted by Gasteiger charge is 2.38. The number of hydrogen-bond donors (Lipinski definition) is 1. The molecule has 0 radical (unpaired) electrons. The van der Waals surface area contributed by atoms with E-state index in [0.29, 0.717) is 17.7 Å². The predicted molar refractivity (Wildman–Crippen MR) is 130 cm³/mol. The Morgan fingerprint density at radius 3 is 2.14 bits per heavy atom. The zero-order valence-corrected chi connectivity index (χ0v) is 19.6. The second-order valence-electron chi connectivity index (χ2n) is 9.09. The fourth-order valence-electron chi connectivity index (χ4n) is 4.85. The zero-order chi connectivity index (χ0) is 25.1. The Morgan fingerprint density at radius 2 is 1.53 bits per heavy atom. The van der Waals surface area contributed by atoms with Crippen molar-refractivity contribution in [1.82, 2.24) is 19.9 Å². The maximum atomic E-state index is 13.6. The Kier molecular flexibility index (Phi) is 6.61. The lowest BCUT2D eigenvalue weighted by molar-refractivity contribution is 0.120. The fraction of sp³-hybridized carbons (Fsp3) is 0.250. The Hall–Kier alpha value is -3.91. The van der Waals surface area contributed by atoms with Crippen molar-refractivity contribution in [2.75, 3.05) is 6.54 Å². The second-order valence-corrected chi connectivity index (χ2v) is 9.09. The van der Waals surface area contributed by atoms with Gasteiger partial charge in [-0.25, -0.2) is 13.6 Å². The number of rotatable bonds is 5. The molecule has 0 spiro atoms. The molecule has 5 rings (SSSR count). The number of nitrogens with zero attached hydrogens (tertiary/aromatic N) is 4. The molecule has 1 amide bonds. The number of aromatic nitrogens is 3. The summed E-state index contributed by atoms with van der Waals surface area (Å²) in [7, 11) is 0. The summed E-state index contributed by atoms with van der Waals surface area (Å²) >= 11 is 0. The van der Waals surface area contributed by atoms with Crippen LogP contribution in [0, 0.1) is 11.6 Å². The van der Waals surface area contributed by atoms with Crippen molar-refractivity contribution >= 4 is 6.03 Å². The van der Waals surface area contributed by atoms with Gasteiger partial charge >= 0.3 is 6.03 Å². The molecule has 6 nitrogen and oxygen atoms in total. The average molecular weight is 489 g/mol. The minimum absolute atomic E-state index is 0.0226. The highest BCUT2D eigenvalue weighted by atomic mass is 19.1. The van der Waals surface area contributed by atoms with Crippen molar-refractivity contribution in [3.05, 3.63) is 119 Å². The molecule has 4 aromatic rings. The maximum Gasteiger partial charge on any atom is 0.346 e. The van der Waals surface area contributed by atoms with Crippen LogP contribution in [0.3, 0.4) is 0 Å². The van der Waals surface area contributed by atoms with E-state index in [1.54, 1.807) is 0 Å². The lowest BCUT2D eigenvalue weighted by Gasteiger charge is -2.35. The van der Waals surface area contributed by atoms with E-state index in [1.165, 1.54) is 54.7 Å². The van der Waals surface area contributed by atoms with Crippen molar-refractivity contribution in [1.29, 1.82) is 0 Å². The van der Waals surface area contributed by atoms with Crippen molar-refractivity contribution in [3.8, 4) is 0 Å². The largest absolute Gasteiger partial charge is 0.374 e. The van der Waals surface area contributed by atoms with Gasteiger partial charge in [-0.15, -0.1) is 5.10 Å². The zero-order valence-electron chi connectivity index (χ0n) is 19.6. The Bertz CT molecular complexity index is 1280. The van der Waals surface area contributed by atoms with Crippen LogP contribution in [0.4, 0.5) is 13.6 Å². The molecular formula is C28H26F2N4O2. The van der Waals surface area contributed by atoms with Crippen LogP contribution in [0.25, 0.3) is 0 Å². The van der Waals surface area contributed by atoms with Crippen molar-refractivity contribution in [2.45, 2.75) is 37.3 Å². The van der Waals surface area contributed by atoms with Crippen LogP contribution in [-0.2, 0) is 12.0 Å².